The van der Waals surface area contributed by atoms with Gasteiger partial charge in [0.25, 0.3) is 11.8 Å². The van der Waals surface area contributed by atoms with E-state index in [1.807, 2.05) is 43.1 Å². The summed E-state index contributed by atoms with van der Waals surface area (Å²) in [5.74, 6) is -1.64. The molecule has 3 heterocycles. The molecule has 2 aromatic carbocycles. The van der Waals surface area contributed by atoms with Gasteiger partial charge in [0.1, 0.15) is 11.9 Å². The highest BCUT2D eigenvalue weighted by Gasteiger charge is 2.25. The van der Waals surface area contributed by atoms with Gasteiger partial charge >= 0.3 is 5.97 Å². The number of carboxylic acids is 1. The molecule has 1 saturated heterocycles. The molecule has 0 spiro atoms. The molecule has 4 aromatic rings. The molecule has 39 heavy (non-hydrogen) atoms. The van der Waals surface area contributed by atoms with Crippen LogP contribution in [-0.2, 0) is 11.2 Å². The number of likely N-dealkylation sites (N-methyl/N-ethyl adjacent to an activating group) is 1. The summed E-state index contributed by atoms with van der Waals surface area (Å²) in [4.78, 5) is 33.2. The molecule has 1 aliphatic rings. The third-order valence-electron chi connectivity index (χ3n) is 6.67. The number of carbonyl (C=O) groups excluding carboxylic acids is 1. The summed E-state index contributed by atoms with van der Waals surface area (Å²) in [7, 11) is 2.04. The predicted molar refractivity (Wildman–Crippen MR) is 141 cm³/mol. The van der Waals surface area contributed by atoms with Gasteiger partial charge in [0.05, 0.1) is 5.56 Å². The Labute approximate surface area is 224 Å². The van der Waals surface area contributed by atoms with Gasteiger partial charge in [-0.3, -0.25) is 4.79 Å². The maximum absolute atomic E-state index is 15.0. The standard InChI is InChI=1S/C28H28FN5O5/c1-17-3-6-19(7-4-17)27-31-25(32-39-27)20-8-5-18(15-21(20)29)16-22(28(36)37)30-26(35)23-9-10-24(38-23)34-13-11-33(2)12-14-34/h3-10,15,22H,11-14,16H2,1-2H3,(H,30,35)(H,36,37). The van der Waals surface area contributed by atoms with Gasteiger partial charge in [-0.05, 0) is 49.9 Å². The molecular formula is C28H28FN5O5. The Hall–Kier alpha value is -4.51. The molecule has 202 valence electrons. The highest BCUT2D eigenvalue weighted by Crippen LogP contribution is 2.26. The van der Waals surface area contributed by atoms with Crippen LogP contribution in [0.25, 0.3) is 22.8 Å². The van der Waals surface area contributed by atoms with Crippen molar-refractivity contribution in [2.24, 2.45) is 0 Å². The number of nitrogens with one attached hydrogen (secondary N) is 1. The number of hydrogen-bond acceptors (Lipinski definition) is 8. The molecule has 10 nitrogen and oxygen atoms in total. The molecule has 0 saturated carbocycles. The number of carbonyl (C=O) groups is 2. The lowest BCUT2D eigenvalue weighted by atomic mass is 10.0. The van der Waals surface area contributed by atoms with Crippen LogP contribution in [0.2, 0.25) is 0 Å². The van der Waals surface area contributed by atoms with Crippen LogP contribution < -0.4 is 10.2 Å². The number of nitrogens with zero attached hydrogens (tertiary/aromatic N) is 4. The van der Waals surface area contributed by atoms with Crippen molar-refractivity contribution < 1.29 is 28.0 Å². The molecule has 2 aromatic heterocycles. The number of benzene rings is 2. The second-order valence-electron chi connectivity index (χ2n) is 9.60. The Morgan fingerprint density at radius 3 is 2.51 bits per heavy atom. The van der Waals surface area contributed by atoms with E-state index in [0.29, 0.717) is 17.0 Å². The number of aliphatic carboxylic acids is 1. The molecule has 0 aliphatic carbocycles. The van der Waals surface area contributed by atoms with E-state index >= 15 is 4.39 Å². The van der Waals surface area contributed by atoms with Gasteiger partial charge in [-0.1, -0.05) is 28.9 Å². The van der Waals surface area contributed by atoms with Crippen LogP contribution in [0.1, 0.15) is 21.7 Å². The first kappa shape index (κ1) is 26.1. The van der Waals surface area contributed by atoms with Crippen molar-refractivity contribution >= 4 is 17.8 Å². The fourth-order valence-corrected chi connectivity index (χ4v) is 4.32. The highest BCUT2D eigenvalue weighted by molar-refractivity contribution is 5.94. The Morgan fingerprint density at radius 2 is 1.82 bits per heavy atom. The minimum atomic E-state index is -1.29. The Bertz CT molecular complexity index is 1470. The zero-order valence-electron chi connectivity index (χ0n) is 21.6. The van der Waals surface area contributed by atoms with Crippen LogP contribution in [0.4, 0.5) is 10.3 Å². The van der Waals surface area contributed by atoms with E-state index in [9.17, 15) is 14.7 Å². The number of halogens is 1. The molecule has 1 unspecified atom stereocenters. The number of aryl methyl sites for hydroxylation is 1. The number of anilines is 1. The maximum atomic E-state index is 15.0. The summed E-state index contributed by atoms with van der Waals surface area (Å²) in [6.45, 7) is 5.24. The van der Waals surface area contributed by atoms with Gasteiger partial charge in [-0.25, -0.2) is 9.18 Å². The molecule has 1 amide bonds. The molecule has 11 heteroatoms. The zero-order valence-corrected chi connectivity index (χ0v) is 21.6. The lowest BCUT2D eigenvalue weighted by Crippen LogP contribution is -2.44. The number of amides is 1. The van der Waals surface area contributed by atoms with E-state index in [4.69, 9.17) is 8.94 Å². The maximum Gasteiger partial charge on any atom is 0.326 e. The fraction of sp³-hybridized carbons (Fsp3) is 0.286. The minimum Gasteiger partial charge on any atom is -0.480 e. The molecule has 0 bridgehead atoms. The second-order valence-corrected chi connectivity index (χ2v) is 9.60. The van der Waals surface area contributed by atoms with Crippen molar-refractivity contribution in [2.45, 2.75) is 19.4 Å². The summed E-state index contributed by atoms with van der Waals surface area (Å²) < 4.78 is 26.0. The average Bonchev–Trinajstić information content (AvgIpc) is 3.60. The first-order chi connectivity index (χ1) is 18.8. The lowest BCUT2D eigenvalue weighted by Gasteiger charge is -2.32. The molecule has 1 aliphatic heterocycles. The second kappa shape index (κ2) is 11.1. The fourth-order valence-electron chi connectivity index (χ4n) is 4.32. The summed E-state index contributed by atoms with van der Waals surface area (Å²) >= 11 is 0. The van der Waals surface area contributed by atoms with E-state index in [1.165, 1.54) is 18.2 Å². The summed E-state index contributed by atoms with van der Waals surface area (Å²) in [6.07, 6.45) is -0.134. The van der Waals surface area contributed by atoms with Gasteiger partial charge in [0.15, 0.2) is 11.6 Å². The van der Waals surface area contributed by atoms with Crippen LogP contribution in [-0.4, -0.2) is 71.3 Å². The quantitative estimate of drug-likeness (QED) is 0.349. The predicted octanol–water partition coefficient (Wildman–Crippen LogP) is 3.62. The first-order valence-electron chi connectivity index (χ1n) is 12.5. The van der Waals surface area contributed by atoms with Crippen molar-refractivity contribution in [3.63, 3.8) is 0 Å². The van der Waals surface area contributed by atoms with Gasteiger partial charge < -0.3 is 29.2 Å². The van der Waals surface area contributed by atoms with E-state index in [0.717, 1.165) is 31.7 Å². The number of rotatable bonds is 8. The number of piperazine rings is 1. The normalized spacial score (nSPS) is 14.8. The van der Waals surface area contributed by atoms with E-state index < -0.39 is 23.7 Å². The summed E-state index contributed by atoms with van der Waals surface area (Å²) in [5.41, 5.74) is 2.28. The lowest BCUT2D eigenvalue weighted by molar-refractivity contribution is -0.139. The first-order valence-corrected chi connectivity index (χ1v) is 12.5. The highest BCUT2D eigenvalue weighted by atomic mass is 19.1. The molecular weight excluding hydrogens is 505 g/mol. The molecule has 1 fully saturated rings. The van der Waals surface area contributed by atoms with E-state index in [-0.39, 0.29) is 29.5 Å². The van der Waals surface area contributed by atoms with Crippen LogP contribution in [0.5, 0.6) is 0 Å². The van der Waals surface area contributed by atoms with Crippen molar-refractivity contribution in [1.82, 2.24) is 20.4 Å². The summed E-state index contributed by atoms with van der Waals surface area (Å²) in [6, 6.07) is 13.7. The number of hydrogen-bond donors (Lipinski definition) is 2. The summed E-state index contributed by atoms with van der Waals surface area (Å²) in [5, 5.41) is 16.1. The Balaban J connectivity index is 1.25. The van der Waals surface area contributed by atoms with Crippen molar-refractivity contribution in [2.75, 3.05) is 38.1 Å². The minimum absolute atomic E-state index is 0.0122. The topological polar surface area (TPSA) is 125 Å². The van der Waals surface area contributed by atoms with Crippen molar-refractivity contribution in [1.29, 1.82) is 0 Å². The van der Waals surface area contributed by atoms with Crippen LogP contribution in [0.3, 0.4) is 0 Å². The van der Waals surface area contributed by atoms with Crippen LogP contribution >= 0.6 is 0 Å². The molecule has 2 N–H and O–H groups in total. The molecule has 0 radical (unpaired) electrons. The SMILES string of the molecule is Cc1ccc(-c2nc(-c3ccc(CC(NC(=O)c4ccc(N5CCN(C)CC5)o4)C(=O)O)cc3F)no2)cc1. The van der Waals surface area contributed by atoms with Gasteiger partial charge in [-0.2, -0.15) is 4.98 Å². The Morgan fingerprint density at radius 1 is 1.08 bits per heavy atom. The van der Waals surface area contributed by atoms with Crippen LogP contribution in [0, 0.1) is 12.7 Å². The van der Waals surface area contributed by atoms with Gasteiger partial charge in [0.2, 0.25) is 5.82 Å². The molecule has 5 rings (SSSR count). The van der Waals surface area contributed by atoms with E-state index in [1.54, 1.807) is 12.1 Å². The Kier molecular flexibility index (Phi) is 7.42. The van der Waals surface area contributed by atoms with Gasteiger partial charge in [-0.15, -0.1) is 0 Å². The number of carboxylic acid groups (broad SMARTS) is 1. The smallest absolute Gasteiger partial charge is 0.326 e. The monoisotopic (exact) mass is 533 g/mol. The van der Waals surface area contributed by atoms with Crippen molar-refractivity contribution in [3.05, 3.63) is 77.3 Å². The van der Waals surface area contributed by atoms with Gasteiger partial charge in [0, 0.05) is 44.2 Å². The number of aromatic nitrogens is 2. The largest absolute Gasteiger partial charge is 0.480 e. The third-order valence-corrected chi connectivity index (χ3v) is 6.67. The molecule has 1 atom stereocenters. The van der Waals surface area contributed by atoms with E-state index in [2.05, 4.69) is 20.4 Å². The zero-order chi connectivity index (χ0) is 27.5. The average molecular weight is 534 g/mol. The third kappa shape index (κ3) is 5.99. The van der Waals surface area contributed by atoms with Crippen molar-refractivity contribution in [3.8, 4) is 22.8 Å². The number of furan rings is 1. The van der Waals surface area contributed by atoms with Crippen LogP contribution in [0.15, 0.2) is 63.5 Å².